The number of hydrogen-bond acceptors (Lipinski definition) is 12. The van der Waals surface area contributed by atoms with Crippen molar-refractivity contribution in [1.29, 1.82) is 0 Å². The number of nitrogen functional groups attached to an aromatic ring is 1. The van der Waals surface area contributed by atoms with Crippen molar-refractivity contribution in [2.45, 2.75) is 18.3 Å². The van der Waals surface area contributed by atoms with Gasteiger partial charge in [0.05, 0.1) is 11.7 Å². The van der Waals surface area contributed by atoms with E-state index in [1.807, 2.05) is 0 Å². The van der Waals surface area contributed by atoms with E-state index in [0.29, 0.717) is 0 Å². The van der Waals surface area contributed by atoms with Crippen LogP contribution in [-0.4, -0.2) is 68.3 Å². The molecular formula is C15H14N5NaO7S2. The Kier molecular flexibility index (Phi) is 7.87. The van der Waals surface area contributed by atoms with E-state index in [0.717, 1.165) is 16.2 Å². The number of aliphatic carboxylic acids is 1. The predicted molar refractivity (Wildman–Crippen MR) is 98.5 cm³/mol. The zero-order chi connectivity index (χ0) is 21.3. The van der Waals surface area contributed by atoms with E-state index < -0.39 is 40.9 Å². The van der Waals surface area contributed by atoms with Crippen molar-refractivity contribution in [3.63, 3.8) is 0 Å². The fraction of sp³-hybridized carbons (Fsp3) is 0.333. The SMILES string of the molecule is CC(=O)OCC1=C(C(=O)[O-])N2C(=O)C(NC(=O)C(=NO)c3csc(N)n3)[C@@H]2SC1.[Na+]. The van der Waals surface area contributed by atoms with E-state index in [1.165, 1.54) is 24.1 Å². The maximum absolute atomic E-state index is 12.5. The molecule has 0 saturated carbocycles. The third kappa shape index (κ3) is 4.62. The Balaban J connectivity index is 0.00000320. The number of nitrogens with one attached hydrogen (secondary N) is 1. The summed E-state index contributed by atoms with van der Waals surface area (Å²) in [6, 6.07) is -1.05. The molecule has 3 rings (SSSR count). The van der Waals surface area contributed by atoms with Gasteiger partial charge >= 0.3 is 35.5 Å². The number of aromatic nitrogens is 1. The zero-order valence-electron chi connectivity index (χ0n) is 15.8. The van der Waals surface area contributed by atoms with Crippen LogP contribution in [0.25, 0.3) is 0 Å². The summed E-state index contributed by atoms with van der Waals surface area (Å²) in [5.74, 6) is -3.60. The van der Waals surface area contributed by atoms with Gasteiger partial charge in [0.15, 0.2) is 10.8 Å². The van der Waals surface area contributed by atoms with Crippen LogP contribution in [0.4, 0.5) is 5.13 Å². The summed E-state index contributed by atoms with van der Waals surface area (Å²) in [4.78, 5) is 52.3. The van der Waals surface area contributed by atoms with Crippen LogP contribution in [0.2, 0.25) is 0 Å². The van der Waals surface area contributed by atoms with Crippen LogP contribution in [0, 0.1) is 0 Å². The van der Waals surface area contributed by atoms with Crippen LogP contribution in [0.15, 0.2) is 21.8 Å². The number of β-lactam (4-membered cyclic amide) rings is 1. The molecule has 2 aliphatic heterocycles. The van der Waals surface area contributed by atoms with E-state index in [4.69, 9.17) is 15.7 Å². The van der Waals surface area contributed by atoms with E-state index in [1.54, 1.807) is 0 Å². The third-order valence-corrected chi connectivity index (χ3v) is 6.07. The quantitative estimate of drug-likeness (QED) is 0.0919. The molecule has 4 N–H and O–H groups in total. The number of rotatable bonds is 6. The molecule has 12 nitrogen and oxygen atoms in total. The van der Waals surface area contributed by atoms with Gasteiger partial charge < -0.3 is 30.9 Å². The topological polar surface area (TPSA) is 187 Å². The van der Waals surface area contributed by atoms with E-state index >= 15 is 0 Å². The summed E-state index contributed by atoms with van der Waals surface area (Å²) in [6.07, 6.45) is 0. The number of nitrogens with two attached hydrogens (primary N) is 1. The second kappa shape index (κ2) is 9.78. The van der Waals surface area contributed by atoms with Gasteiger partial charge in [0.1, 0.15) is 23.7 Å². The van der Waals surface area contributed by atoms with Crippen LogP contribution in [0.5, 0.6) is 0 Å². The number of thiazole rings is 1. The molecule has 1 aromatic heterocycles. The van der Waals surface area contributed by atoms with Crippen molar-refractivity contribution in [2.75, 3.05) is 18.1 Å². The molecule has 30 heavy (non-hydrogen) atoms. The molecule has 0 aromatic carbocycles. The summed E-state index contributed by atoms with van der Waals surface area (Å²) in [6.45, 7) is 0.889. The maximum Gasteiger partial charge on any atom is 1.00 e. The number of carboxylic acid groups (broad SMARTS) is 1. The van der Waals surface area contributed by atoms with E-state index in [-0.39, 0.29) is 64.0 Å². The minimum atomic E-state index is -1.59. The summed E-state index contributed by atoms with van der Waals surface area (Å²) in [7, 11) is 0. The monoisotopic (exact) mass is 463 g/mol. The standard InChI is InChI=1S/C15H15N5O7S2.Na/c1-5(21)27-2-6-3-28-13-9(12(23)20(13)10(6)14(24)25)18-11(22)8(19-26)7-4-29-15(16)17-7;/h4,9,13,26H,2-3H2,1H3,(H2,16,17)(H,18,22)(H,24,25);/q;+1/p-1/t9?,13-;/m0./s1. The van der Waals surface area contributed by atoms with Crippen LogP contribution in [0.1, 0.15) is 12.6 Å². The number of amides is 2. The number of nitrogens with zero attached hydrogens (tertiary/aromatic N) is 3. The average molecular weight is 463 g/mol. The smallest absolute Gasteiger partial charge is 0.543 e. The summed E-state index contributed by atoms with van der Waals surface area (Å²) < 4.78 is 4.82. The maximum atomic E-state index is 12.5. The minimum Gasteiger partial charge on any atom is -0.543 e. The van der Waals surface area contributed by atoms with Gasteiger partial charge in [0.2, 0.25) is 0 Å². The van der Waals surface area contributed by atoms with Crippen molar-refractivity contribution < 1.29 is 63.8 Å². The second-order valence-corrected chi connectivity index (χ2v) is 7.90. The largest absolute Gasteiger partial charge is 1.00 e. The summed E-state index contributed by atoms with van der Waals surface area (Å²) in [5, 5.41) is 26.9. The van der Waals surface area contributed by atoms with Crippen molar-refractivity contribution in [1.82, 2.24) is 15.2 Å². The van der Waals surface area contributed by atoms with Gasteiger partial charge in [-0.25, -0.2) is 4.98 Å². The van der Waals surface area contributed by atoms with Crippen LogP contribution in [-0.2, 0) is 23.9 Å². The third-order valence-electron chi connectivity index (χ3n) is 4.06. The van der Waals surface area contributed by atoms with Crippen molar-refractivity contribution in [2.24, 2.45) is 5.16 Å². The number of fused-ring (bicyclic) bond motifs is 1. The molecule has 3 heterocycles. The minimum absolute atomic E-state index is 0. The average Bonchev–Trinajstić information content (AvgIpc) is 3.09. The van der Waals surface area contributed by atoms with Crippen LogP contribution in [0.3, 0.4) is 0 Å². The molecule has 1 aromatic rings. The molecule has 1 unspecified atom stereocenters. The van der Waals surface area contributed by atoms with Crippen molar-refractivity contribution in [3.8, 4) is 0 Å². The molecule has 154 valence electrons. The fourth-order valence-electron chi connectivity index (χ4n) is 2.79. The van der Waals surface area contributed by atoms with Crippen LogP contribution >= 0.6 is 23.1 Å². The van der Waals surface area contributed by atoms with Gasteiger partial charge in [-0.15, -0.1) is 23.1 Å². The molecule has 1 saturated heterocycles. The molecule has 2 aliphatic rings. The number of carboxylic acids is 1. The van der Waals surface area contributed by atoms with E-state index in [9.17, 15) is 24.3 Å². The van der Waals surface area contributed by atoms with Gasteiger partial charge in [0.25, 0.3) is 11.8 Å². The van der Waals surface area contributed by atoms with Crippen LogP contribution < -0.4 is 45.7 Å². The first-order chi connectivity index (χ1) is 13.7. The molecule has 0 aliphatic carbocycles. The summed E-state index contributed by atoms with van der Waals surface area (Å²) >= 11 is 2.22. The molecular weight excluding hydrogens is 449 g/mol. The van der Waals surface area contributed by atoms with Gasteiger partial charge in [-0.1, -0.05) is 5.16 Å². The zero-order valence-corrected chi connectivity index (χ0v) is 19.4. The van der Waals surface area contributed by atoms with Gasteiger partial charge in [-0.05, 0) is 0 Å². The number of anilines is 1. The first-order valence-electron chi connectivity index (χ1n) is 8.00. The predicted octanol–water partition coefficient (Wildman–Crippen LogP) is -5.13. The molecule has 0 bridgehead atoms. The van der Waals surface area contributed by atoms with Gasteiger partial charge in [0, 0.05) is 23.6 Å². The second-order valence-electron chi connectivity index (χ2n) is 5.90. The number of carbonyl (C=O) groups is 4. The van der Waals surface area contributed by atoms with Gasteiger partial charge in [-0.3, -0.25) is 19.3 Å². The summed E-state index contributed by atoms with van der Waals surface area (Å²) in [5.41, 5.74) is 4.93. The number of hydrogen-bond donors (Lipinski definition) is 3. The molecule has 15 heteroatoms. The first kappa shape index (κ1) is 24.1. The van der Waals surface area contributed by atoms with Crippen molar-refractivity contribution >= 4 is 57.7 Å². The molecule has 2 atom stereocenters. The Bertz CT molecular complexity index is 963. The molecule has 2 amide bonds. The Hall–Kier alpha value is -2.13. The number of ether oxygens (including phenoxy) is 1. The Labute approximate surface area is 199 Å². The fourth-order valence-corrected chi connectivity index (χ4v) is 4.67. The molecule has 1 fully saturated rings. The Morgan fingerprint density at radius 2 is 2.20 bits per heavy atom. The number of carbonyl (C=O) groups excluding carboxylic acids is 4. The molecule has 0 radical (unpaired) electrons. The number of esters is 1. The number of thioether (sulfide) groups is 1. The molecule has 0 spiro atoms. The first-order valence-corrected chi connectivity index (χ1v) is 9.93. The Morgan fingerprint density at radius 1 is 1.50 bits per heavy atom. The normalized spacial score (nSPS) is 20.6. The Morgan fingerprint density at radius 3 is 2.73 bits per heavy atom. The van der Waals surface area contributed by atoms with Gasteiger partial charge in [-0.2, -0.15) is 0 Å². The van der Waals surface area contributed by atoms with Crippen molar-refractivity contribution in [3.05, 3.63) is 22.3 Å². The number of oxime groups is 1. The van der Waals surface area contributed by atoms with E-state index in [2.05, 4.69) is 15.5 Å².